The second kappa shape index (κ2) is 5.82. The summed E-state index contributed by atoms with van der Waals surface area (Å²) in [5.41, 5.74) is 1.06. The topological polar surface area (TPSA) is 43.4 Å². The molecule has 0 saturated carbocycles. The molecule has 0 N–H and O–H groups in total. The van der Waals surface area contributed by atoms with Crippen LogP contribution in [0.2, 0.25) is 0 Å². The van der Waals surface area contributed by atoms with Crippen LogP contribution < -0.4 is 0 Å². The van der Waals surface area contributed by atoms with Crippen molar-refractivity contribution in [2.24, 2.45) is 0 Å². The Hall–Kier alpha value is -1.13. The van der Waals surface area contributed by atoms with Crippen LogP contribution in [0.1, 0.15) is 12.5 Å². The normalized spacial score (nSPS) is 13.3. The second-order valence-electron chi connectivity index (χ2n) is 3.61. The van der Waals surface area contributed by atoms with Gasteiger partial charge in [-0.05, 0) is 18.9 Å². The van der Waals surface area contributed by atoms with Gasteiger partial charge in [0, 0.05) is 0 Å². The van der Waals surface area contributed by atoms with Crippen LogP contribution in [0, 0.1) is 0 Å². The minimum absolute atomic E-state index is 0.147. The first kappa shape index (κ1) is 12.9. The average molecular weight is 240 g/mol. The van der Waals surface area contributed by atoms with Crippen molar-refractivity contribution in [2.75, 3.05) is 5.75 Å². The lowest BCUT2D eigenvalue weighted by Crippen LogP contribution is -2.19. The van der Waals surface area contributed by atoms with Gasteiger partial charge in [-0.15, -0.1) is 6.58 Å². The SMILES string of the molecule is C=CCS(=O)(=O)O[C@@H](C)Cc1ccccc1. The Morgan fingerprint density at radius 2 is 2.00 bits per heavy atom. The lowest BCUT2D eigenvalue weighted by atomic mass is 10.1. The maximum atomic E-state index is 11.3. The van der Waals surface area contributed by atoms with Gasteiger partial charge in [0.15, 0.2) is 0 Å². The van der Waals surface area contributed by atoms with E-state index in [1.807, 2.05) is 30.3 Å². The zero-order chi connectivity index (χ0) is 12.0. The highest BCUT2D eigenvalue weighted by Crippen LogP contribution is 2.08. The van der Waals surface area contributed by atoms with Crippen LogP contribution in [-0.4, -0.2) is 20.3 Å². The smallest absolute Gasteiger partial charge is 0.266 e. The molecule has 88 valence electrons. The van der Waals surface area contributed by atoms with Crippen LogP contribution in [-0.2, 0) is 20.7 Å². The molecular weight excluding hydrogens is 224 g/mol. The summed E-state index contributed by atoms with van der Waals surface area (Å²) < 4.78 is 27.7. The largest absolute Gasteiger partial charge is 0.271 e. The molecule has 0 aliphatic carbocycles. The van der Waals surface area contributed by atoms with E-state index in [0.717, 1.165) is 5.56 Å². The highest BCUT2D eigenvalue weighted by molar-refractivity contribution is 7.86. The monoisotopic (exact) mass is 240 g/mol. The molecule has 1 atom stereocenters. The number of benzene rings is 1. The molecule has 0 radical (unpaired) electrons. The summed E-state index contributed by atoms with van der Waals surface area (Å²) in [6, 6.07) is 9.64. The molecule has 0 aliphatic rings. The summed E-state index contributed by atoms with van der Waals surface area (Å²) >= 11 is 0. The minimum Gasteiger partial charge on any atom is -0.266 e. The molecule has 1 rings (SSSR count). The molecule has 0 spiro atoms. The van der Waals surface area contributed by atoms with Crippen molar-refractivity contribution in [1.82, 2.24) is 0 Å². The van der Waals surface area contributed by atoms with E-state index < -0.39 is 10.1 Å². The maximum Gasteiger partial charge on any atom is 0.271 e. The van der Waals surface area contributed by atoms with Crippen molar-refractivity contribution in [3.63, 3.8) is 0 Å². The van der Waals surface area contributed by atoms with Gasteiger partial charge in [0.1, 0.15) is 0 Å². The van der Waals surface area contributed by atoms with Gasteiger partial charge in [0.2, 0.25) is 0 Å². The fourth-order valence-corrected chi connectivity index (χ4v) is 2.35. The van der Waals surface area contributed by atoms with E-state index >= 15 is 0 Å². The highest BCUT2D eigenvalue weighted by atomic mass is 32.2. The van der Waals surface area contributed by atoms with Crippen LogP contribution in [0.15, 0.2) is 43.0 Å². The first-order chi connectivity index (χ1) is 7.53. The molecule has 0 heterocycles. The number of hydrogen-bond acceptors (Lipinski definition) is 3. The molecule has 0 saturated heterocycles. The Bertz CT molecular complexity index is 423. The molecule has 0 aliphatic heterocycles. The number of hydrogen-bond donors (Lipinski definition) is 0. The lowest BCUT2D eigenvalue weighted by molar-refractivity contribution is 0.230. The molecule has 16 heavy (non-hydrogen) atoms. The van der Waals surface area contributed by atoms with Crippen molar-refractivity contribution in [3.8, 4) is 0 Å². The molecule has 0 amide bonds. The summed E-state index contributed by atoms with van der Waals surface area (Å²) in [7, 11) is -3.47. The molecule has 0 unspecified atom stereocenters. The van der Waals surface area contributed by atoms with E-state index in [1.54, 1.807) is 6.92 Å². The predicted octanol–water partition coefficient (Wildman–Crippen LogP) is 2.15. The Balaban J connectivity index is 2.54. The van der Waals surface area contributed by atoms with E-state index in [-0.39, 0.29) is 11.9 Å². The molecule has 3 nitrogen and oxygen atoms in total. The standard InChI is InChI=1S/C12H16O3S/c1-3-9-16(13,14)15-11(2)10-12-7-5-4-6-8-12/h3-8,11H,1,9-10H2,2H3/t11-/m0/s1. The Labute approximate surface area is 96.9 Å². The molecule has 0 aromatic heterocycles. The predicted molar refractivity (Wildman–Crippen MR) is 64.7 cm³/mol. The average Bonchev–Trinajstić information content (AvgIpc) is 2.17. The first-order valence-corrected chi connectivity index (χ1v) is 6.67. The lowest BCUT2D eigenvalue weighted by Gasteiger charge is -2.12. The zero-order valence-corrected chi connectivity index (χ0v) is 10.1. The third kappa shape index (κ3) is 4.59. The van der Waals surface area contributed by atoms with Crippen LogP contribution in [0.25, 0.3) is 0 Å². The van der Waals surface area contributed by atoms with Gasteiger partial charge in [-0.1, -0.05) is 36.4 Å². The molecular formula is C12H16O3S. The van der Waals surface area contributed by atoms with Gasteiger partial charge >= 0.3 is 0 Å². The van der Waals surface area contributed by atoms with Crippen LogP contribution in [0.5, 0.6) is 0 Å². The molecule has 0 fully saturated rings. The molecule has 1 aromatic carbocycles. The van der Waals surface area contributed by atoms with Gasteiger partial charge in [-0.2, -0.15) is 8.42 Å². The van der Waals surface area contributed by atoms with Gasteiger partial charge < -0.3 is 0 Å². The second-order valence-corrected chi connectivity index (χ2v) is 5.25. The first-order valence-electron chi connectivity index (χ1n) is 5.09. The van der Waals surface area contributed by atoms with E-state index in [4.69, 9.17) is 4.18 Å². The molecule has 0 bridgehead atoms. The van der Waals surface area contributed by atoms with Crippen molar-refractivity contribution < 1.29 is 12.6 Å². The van der Waals surface area contributed by atoms with Crippen molar-refractivity contribution in [3.05, 3.63) is 48.6 Å². The van der Waals surface area contributed by atoms with Crippen LogP contribution in [0.4, 0.5) is 0 Å². The fourth-order valence-electron chi connectivity index (χ4n) is 1.41. The van der Waals surface area contributed by atoms with Gasteiger partial charge in [0.05, 0.1) is 11.9 Å². The summed E-state index contributed by atoms with van der Waals surface area (Å²) in [5, 5.41) is 0. The van der Waals surface area contributed by atoms with Crippen molar-refractivity contribution in [1.29, 1.82) is 0 Å². The zero-order valence-electron chi connectivity index (χ0n) is 9.30. The maximum absolute atomic E-state index is 11.3. The Morgan fingerprint density at radius 3 is 2.56 bits per heavy atom. The third-order valence-corrected chi connectivity index (χ3v) is 3.26. The van der Waals surface area contributed by atoms with E-state index in [2.05, 4.69) is 6.58 Å². The summed E-state index contributed by atoms with van der Waals surface area (Å²) in [4.78, 5) is 0. The Kier molecular flexibility index (Phi) is 4.71. The van der Waals surface area contributed by atoms with Crippen molar-refractivity contribution in [2.45, 2.75) is 19.4 Å². The summed E-state index contributed by atoms with van der Waals surface area (Å²) in [5.74, 6) is -0.147. The molecule has 4 heteroatoms. The van der Waals surface area contributed by atoms with Gasteiger partial charge in [-0.25, -0.2) is 0 Å². The Morgan fingerprint density at radius 1 is 1.38 bits per heavy atom. The summed E-state index contributed by atoms with van der Waals surface area (Å²) in [6.07, 6.45) is 1.55. The molecule has 1 aromatic rings. The fraction of sp³-hybridized carbons (Fsp3) is 0.333. The van der Waals surface area contributed by atoms with E-state index in [9.17, 15) is 8.42 Å². The van der Waals surface area contributed by atoms with Crippen molar-refractivity contribution >= 4 is 10.1 Å². The van der Waals surface area contributed by atoms with Gasteiger partial charge in [0.25, 0.3) is 10.1 Å². The minimum atomic E-state index is -3.47. The quantitative estimate of drug-likeness (QED) is 0.565. The number of rotatable bonds is 6. The van der Waals surface area contributed by atoms with E-state index in [1.165, 1.54) is 6.08 Å². The van der Waals surface area contributed by atoms with Crippen LogP contribution >= 0.6 is 0 Å². The summed E-state index contributed by atoms with van der Waals surface area (Å²) in [6.45, 7) is 5.12. The van der Waals surface area contributed by atoms with E-state index in [0.29, 0.717) is 6.42 Å². The highest BCUT2D eigenvalue weighted by Gasteiger charge is 2.14. The van der Waals surface area contributed by atoms with Crippen LogP contribution in [0.3, 0.4) is 0 Å². The third-order valence-electron chi connectivity index (χ3n) is 2.00. The van der Waals surface area contributed by atoms with Gasteiger partial charge in [-0.3, -0.25) is 4.18 Å².